The molecule has 8 nitrogen and oxygen atoms in total. The number of aromatic nitrogens is 6. The van der Waals surface area contributed by atoms with Gasteiger partial charge in [-0.05, 0) is 36.8 Å². The number of hydrogen-bond acceptors (Lipinski definition) is 5. The van der Waals surface area contributed by atoms with Crippen molar-refractivity contribution in [2.45, 2.75) is 19.5 Å². The van der Waals surface area contributed by atoms with E-state index in [2.05, 4.69) is 25.6 Å². The lowest BCUT2D eigenvalue weighted by atomic mass is 10.1. The Hall–Kier alpha value is -4.02. The lowest BCUT2D eigenvalue weighted by molar-refractivity contribution is -0.137. The average Bonchev–Trinajstić information content (AvgIpc) is 3.39. The molecular weight excluding hydrogens is 423 g/mol. The van der Waals surface area contributed by atoms with Crippen molar-refractivity contribution in [1.82, 2.24) is 29.5 Å². The molecule has 164 valence electrons. The zero-order chi connectivity index (χ0) is 22.9. The smallest absolute Gasteiger partial charge is 0.320 e. The number of carbonyl (C=O) groups is 1. The molecule has 1 amide bonds. The summed E-state index contributed by atoms with van der Waals surface area (Å²) in [5, 5.41) is 14.9. The van der Waals surface area contributed by atoms with Crippen LogP contribution in [0.4, 0.5) is 18.9 Å². The summed E-state index contributed by atoms with van der Waals surface area (Å²) in [6.07, 6.45) is 2.09. The number of anilines is 1. The Labute approximate surface area is 180 Å². The van der Waals surface area contributed by atoms with Gasteiger partial charge < -0.3 is 9.88 Å². The summed E-state index contributed by atoms with van der Waals surface area (Å²) >= 11 is 0. The Morgan fingerprint density at radius 3 is 2.50 bits per heavy atom. The molecule has 0 aliphatic carbocycles. The number of benzene rings is 1. The van der Waals surface area contributed by atoms with Crippen molar-refractivity contribution in [1.29, 1.82) is 0 Å². The van der Waals surface area contributed by atoms with Crippen LogP contribution in [-0.4, -0.2) is 35.4 Å². The summed E-state index contributed by atoms with van der Waals surface area (Å²) in [6.45, 7) is 1.84. The molecule has 1 aromatic carbocycles. The number of alkyl halides is 3. The maximum Gasteiger partial charge on any atom is 0.416 e. The van der Waals surface area contributed by atoms with Crippen molar-refractivity contribution in [2.75, 3.05) is 5.32 Å². The van der Waals surface area contributed by atoms with Crippen LogP contribution in [0.15, 0.2) is 55.2 Å². The molecule has 11 heteroatoms. The fourth-order valence-electron chi connectivity index (χ4n) is 3.29. The second-order valence-corrected chi connectivity index (χ2v) is 7.00. The van der Waals surface area contributed by atoms with Crippen LogP contribution in [-0.2, 0) is 19.6 Å². The Balaban J connectivity index is 1.59. The van der Waals surface area contributed by atoms with Crippen LogP contribution in [0.5, 0.6) is 0 Å². The first-order valence-electron chi connectivity index (χ1n) is 9.63. The Morgan fingerprint density at radius 2 is 1.88 bits per heavy atom. The first kappa shape index (κ1) is 21.2. The molecule has 0 fully saturated rings. The minimum absolute atomic E-state index is 0.316. The number of hydrogen-bond donors (Lipinski definition) is 1. The quantitative estimate of drug-likeness (QED) is 0.507. The maximum atomic E-state index is 12.9. The van der Waals surface area contributed by atoms with Crippen LogP contribution in [0.1, 0.15) is 28.5 Å². The molecule has 0 saturated heterocycles. The summed E-state index contributed by atoms with van der Waals surface area (Å²) in [5.74, 6) is 0.190. The van der Waals surface area contributed by atoms with Gasteiger partial charge in [0.25, 0.3) is 5.91 Å². The largest absolute Gasteiger partial charge is 0.416 e. The fourth-order valence-corrected chi connectivity index (χ4v) is 3.29. The van der Waals surface area contributed by atoms with E-state index in [1.165, 1.54) is 29.2 Å². The molecule has 0 bridgehead atoms. The van der Waals surface area contributed by atoms with E-state index in [-0.39, 0.29) is 0 Å². The molecule has 0 aliphatic rings. The minimum Gasteiger partial charge on any atom is -0.320 e. The third-order valence-corrected chi connectivity index (χ3v) is 4.85. The topological polar surface area (TPSA) is 90.5 Å². The highest BCUT2D eigenvalue weighted by molar-refractivity contribution is 6.05. The predicted molar refractivity (Wildman–Crippen MR) is 110 cm³/mol. The second-order valence-electron chi connectivity index (χ2n) is 7.00. The standard InChI is InChI=1S/C21H18F3N7O/c1-3-18-17(11-27-31(18)16-6-4-14(5-7-16)21(22,23)24)20(32)28-15-8-13(9-25-10-15)19-29-26-12-30(19)2/h4-12H,3H2,1-2H3,(H,28,32). The summed E-state index contributed by atoms with van der Waals surface area (Å²) in [5.41, 5.74) is 1.70. The molecule has 0 saturated carbocycles. The molecule has 0 unspecified atom stereocenters. The molecule has 3 aromatic heterocycles. The van der Waals surface area contributed by atoms with Gasteiger partial charge in [0.1, 0.15) is 6.33 Å². The number of amides is 1. The van der Waals surface area contributed by atoms with Crippen molar-refractivity contribution in [2.24, 2.45) is 7.05 Å². The van der Waals surface area contributed by atoms with E-state index in [1.807, 2.05) is 6.92 Å². The molecule has 3 heterocycles. The first-order valence-corrected chi connectivity index (χ1v) is 9.63. The van der Waals surface area contributed by atoms with Gasteiger partial charge in [0.15, 0.2) is 5.82 Å². The number of rotatable bonds is 5. The molecule has 0 aliphatic heterocycles. The number of nitrogens with zero attached hydrogens (tertiary/aromatic N) is 6. The number of nitrogens with one attached hydrogen (secondary N) is 1. The summed E-state index contributed by atoms with van der Waals surface area (Å²) in [6, 6.07) is 6.34. The summed E-state index contributed by atoms with van der Waals surface area (Å²) in [7, 11) is 1.80. The second kappa shape index (κ2) is 8.25. The third-order valence-electron chi connectivity index (χ3n) is 4.85. The van der Waals surface area contributed by atoms with Gasteiger partial charge in [-0.25, -0.2) is 4.68 Å². The first-order chi connectivity index (χ1) is 15.3. The van der Waals surface area contributed by atoms with E-state index < -0.39 is 17.6 Å². The maximum absolute atomic E-state index is 12.9. The van der Waals surface area contributed by atoms with E-state index in [0.717, 1.165) is 12.1 Å². The molecule has 0 atom stereocenters. The molecule has 32 heavy (non-hydrogen) atoms. The van der Waals surface area contributed by atoms with Gasteiger partial charge in [-0.1, -0.05) is 6.92 Å². The zero-order valence-corrected chi connectivity index (χ0v) is 17.1. The number of halogens is 3. The number of pyridine rings is 1. The van der Waals surface area contributed by atoms with Gasteiger partial charge in [-0.2, -0.15) is 18.3 Å². The highest BCUT2D eigenvalue weighted by Gasteiger charge is 2.30. The van der Waals surface area contributed by atoms with Crippen LogP contribution < -0.4 is 5.32 Å². The van der Waals surface area contributed by atoms with E-state index >= 15 is 0 Å². The van der Waals surface area contributed by atoms with Gasteiger partial charge in [0.05, 0.1) is 40.6 Å². The molecule has 0 spiro atoms. The summed E-state index contributed by atoms with van der Waals surface area (Å²) < 4.78 is 41.7. The van der Waals surface area contributed by atoms with Gasteiger partial charge >= 0.3 is 6.18 Å². The van der Waals surface area contributed by atoms with Gasteiger partial charge in [-0.15, -0.1) is 10.2 Å². The van der Waals surface area contributed by atoms with Crippen molar-refractivity contribution in [3.63, 3.8) is 0 Å². The van der Waals surface area contributed by atoms with Crippen molar-refractivity contribution >= 4 is 11.6 Å². The van der Waals surface area contributed by atoms with E-state index in [1.54, 1.807) is 30.2 Å². The number of carbonyl (C=O) groups excluding carboxylic acids is 1. The van der Waals surface area contributed by atoms with Crippen LogP contribution in [0.25, 0.3) is 17.1 Å². The van der Waals surface area contributed by atoms with E-state index in [4.69, 9.17) is 0 Å². The van der Waals surface area contributed by atoms with Gasteiger partial charge in [0.2, 0.25) is 0 Å². The molecular formula is C21H18F3N7O. The predicted octanol–water partition coefficient (Wildman–Crippen LogP) is 3.90. The zero-order valence-electron chi connectivity index (χ0n) is 17.1. The SMILES string of the molecule is CCc1c(C(=O)Nc2cncc(-c3nncn3C)c2)cnn1-c1ccc(C(F)(F)F)cc1. The van der Waals surface area contributed by atoms with Crippen LogP contribution >= 0.6 is 0 Å². The van der Waals surface area contributed by atoms with Crippen molar-refractivity contribution < 1.29 is 18.0 Å². The van der Waals surface area contributed by atoms with Gasteiger partial charge in [-0.3, -0.25) is 9.78 Å². The number of aryl methyl sites for hydroxylation is 1. The van der Waals surface area contributed by atoms with Crippen molar-refractivity contribution in [3.8, 4) is 17.1 Å². The average molecular weight is 441 g/mol. The highest BCUT2D eigenvalue weighted by Crippen LogP contribution is 2.30. The van der Waals surface area contributed by atoms with Crippen LogP contribution in [0, 0.1) is 0 Å². The van der Waals surface area contributed by atoms with Crippen LogP contribution in [0.2, 0.25) is 0 Å². The molecule has 4 rings (SSSR count). The lowest BCUT2D eigenvalue weighted by Gasteiger charge is -2.11. The van der Waals surface area contributed by atoms with Gasteiger partial charge in [0, 0.05) is 18.8 Å². The van der Waals surface area contributed by atoms with Crippen molar-refractivity contribution in [3.05, 3.63) is 72.1 Å². The minimum atomic E-state index is -4.42. The third kappa shape index (κ3) is 4.09. The molecule has 0 radical (unpaired) electrons. The lowest BCUT2D eigenvalue weighted by Crippen LogP contribution is -2.14. The fraction of sp³-hybridized carbons (Fsp3) is 0.190. The van der Waals surface area contributed by atoms with Crippen LogP contribution in [0.3, 0.4) is 0 Å². The highest BCUT2D eigenvalue weighted by atomic mass is 19.4. The summed E-state index contributed by atoms with van der Waals surface area (Å²) in [4.78, 5) is 17.1. The Bertz CT molecular complexity index is 1260. The Morgan fingerprint density at radius 1 is 1.12 bits per heavy atom. The molecule has 1 N–H and O–H groups in total. The Kier molecular flexibility index (Phi) is 5.47. The molecule has 4 aromatic rings. The monoisotopic (exact) mass is 441 g/mol. The van der Waals surface area contributed by atoms with E-state index in [0.29, 0.717) is 40.4 Å². The van der Waals surface area contributed by atoms with E-state index in [9.17, 15) is 18.0 Å². The normalized spacial score (nSPS) is 11.5.